The van der Waals surface area contributed by atoms with Crippen LogP contribution in [0.25, 0.3) is 0 Å². The second-order valence-electron chi connectivity index (χ2n) is 6.52. The zero-order valence-electron chi connectivity index (χ0n) is 16.4. The van der Waals surface area contributed by atoms with E-state index in [1.165, 1.54) is 4.57 Å². The van der Waals surface area contributed by atoms with Gasteiger partial charge in [0.25, 0.3) is 0 Å². The monoisotopic (exact) mass is 385 g/mol. The van der Waals surface area contributed by atoms with Gasteiger partial charge in [0.05, 0.1) is 13.2 Å². The standard InChI is InChI=1S/C22H27NO5/c1-3-14-27-21(25)20(22(26)28-15-4-2)18(17-10-6-5-7-11-17)16-19(24)23-12-8-9-13-23/h5-13,18,20H,3-4,14-16H2,1-2H3/t18-/m1/s1. The zero-order chi connectivity index (χ0) is 20.4. The third-order valence-electron chi connectivity index (χ3n) is 4.32. The molecule has 2 aromatic rings. The van der Waals surface area contributed by atoms with Crippen molar-refractivity contribution in [3.63, 3.8) is 0 Å². The van der Waals surface area contributed by atoms with E-state index >= 15 is 0 Å². The molecule has 2 rings (SSSR count). The minimum atomic E-state index is -1.19. The summed E-state index contributed by atoms with van der Waals surface area (Å²) in [6, 6.07) is 12.6. The zero-order valence-corrected chi connectivity index (χ0v) is 16.4. The number of rotatable bonds is 10. The Morgan fingerprint density at radius 3 is 1.89 bits per heavy atom. The number of ether oxygens (including phenoxy) is 2. The summed E-state index contributed by atoms with van der Waals surface area (Å²) in [5.74, 6) is -3.39. The van der Waals surface area contributed by atoms with Crippen LogP contribution in [0.1, 0.15) is 49.4 Å². The van der Waals surface area contributed by atoms with Gasteiger partial charge in [-0.05, 0) is 30.5 Å². The van der Waals surface area contributed by atoms with Crippen LogP contribution < -0.4 is 0 Å². The molecule has 0 saturated carbocycles. The number of benzene rings is 1. The molecule has 0 radical (unpaired) electrons. The lowest BCUT2D eigenvalue weighted by Gasteiger charge is -2.24. The number of aromatic nitrogens is 1. The lowest BCUT2D eigenvalue weighted by Crippen LogP contribution is -2.35. The second-order valence-corrected chi connectivity index (χ2v) is 6.52. The predicted octanol–water partition coefficient (Wildman–Crippen LogP) is 3.82. The highest BCUT2D eigenvalue weighted by Gasteiger charge is 2.39. The van der Waals surface area contributed by atoms with Crippen molar-refractivity contribution in [1.29, 1.82) is 0 Å². The van der Waals surface area contributed by atoms with E-state index in [2.05, 4.69) is 0 Å². The SMILES string of the molecule is CCCOC(=O)C(C(=O)OCCC)[C@H](CC(=O)n1cccc1)c1ccccc1. The van der Waals surface area contributed by atoms with Crippen molar-refractivity contribution < 1.29 is 23.9 Å². The first-order valence-electron chi connectivity index (χ1n) is 9.62. The Balaban J connectivity index is 2.36. The van der Waals surface area contributed by atoms with E-state index in [9.17, 15) is 14.4 Å². The van der Waals surface area contributed by atoms with Gasteiger partial charge in [-0.25, -0.2) is 0 Å². The largest absolute Gasteiger partial charge is 0.465 e. The molecule has 0 N–H and O–H groups in total. The summed E-state index contributed by atoms with van der Waals surface area (Å²) >= 11 is 0. The van der Waals surface area contributed by atoms with Crippen LogP contribution in [0.15, 0.2) is 54.9 Å². The molecule has 0 aliphatic rings. The fourth-order valence-corrected chi connectivity index (χ4v) is 2.93. The number of hydrogen-bond acceptors (Lipinski definition) is 5. The van der Waals surface area contributed by atoms with Crippen LogP contribution in [0, 0.1) is 5.92 Å². The fraction of sp³-hybridized carbons (Fsp3) is 0.409. The summed E-state index contributed by atoms with van der Waals surface area (Å²) in [6.45, 7) is 4.18. The molecule has 0 aliphatic heterocycles. The van der Waals surface area contributed by atoms with Gasteiger partial charge >= 0.3 is 11.9 Å². The van der Waals surface area contributed by atoms with Gasteiger partial charge in [-0.1, -0.05) is 44.2 Å². The van der Waals surface area contributed by atoms with Crippen molar-refractivity contribution in [3.8, 4) is 0 Å². The van der Waals surface area contributed by atoms with E-state index in [1.54, 1.807) is 36.7 Å². The van der Waals surface area contributed by atoms with Crippen molar-refractivity contribution in [2.45, 2.75) is 39.0 Å². The molecule has 0 aliphatic carbocycles. The maximum Gasteiger partial charge on any atom is 0.320 e. The van der Waals surface area contributed by atoms with E-state index in [0.29, 0.717) is 12.8 Å². The molecular formula is C22H27NO5. The lowest BCUT2D eigenvalue weighted by atomic mass is 9.83. The van der Waals surface area contributed by atoms with Crippen molar-refractivity contribution in [1.82, 2.24) is 4.57 Å². The summed E-state index contributed by atoms with van der Waals surface area (Å²) in [7, 11) is 0. The predicted molar refractivity (Wildman–Crippen MR) is 105 cm³/mol. The molecule has 0 bridgehead atoms. The Kier molecular flexibility index (Phi) is 8.46. The molecular weight excluding hydrogens is 358 g/mol. The molecule has 6 nitrogen and oxygen atoms in total. The normalized spacial score (nSPS) is 11.8. The maximum absolute atomic E-state index is 12.7. The molecule has 1 aromatic carbocycles. The van der Waals surface area contributed by atoms with Crippen molar-refractivity contribution in [2.75, 3.05) is 13.2 Å². The van der Waals surface area contributed by atoms with Crippen molar-refractivity contribution >= 4 is 17.8 Å². The molecule has 0 saturated heterocycles. The number of hydrogen-bond donors (Lipinski definition) is 0. The Bertz CT molecular complexity index is 734. The smallest absolute Gasteiger partial charge is 0.320 e. The van der Waals surface area contributed by atoms with Crippen LogP contribution in [-0.4, -0.2) is 35.6 Å². The number of carbonyl (C=O) groups excluding carboxylic acids is 3. The van der Waals surface area contributed by atoms with Crippen molar-refractivity contribution in [3.05, 3.63) is 60.4 Å². The van der Waals surface area contributed by atoms with Gasteiger partial charge in [-0.3, -0.25) is 19.0 Å². The summed E-state index contributed by atoms with van der Waals surface area (Å²) in [4.78, 5) is 38.2. The average molecular weight is 385 g/mol. The first-order valence-corrected chi connectivity index (χ1v) is 9.62. The maximum atomic E-state index is 12.7. The molecule has 150 valence electrons. The fourth-order valence-electron chi connectivity index (χ4n) is 2.93. The Morgan fingerprint density at radius 1 is 0.857 bits per heavy atom. The Labute approximate surface area is 165 Å². The third-order valence-corrected chi connectivity index (χ3v) is 4.32. The van der Waals surface area contributed by atoms with Gasteiger partial charge in [0.15, 0.2) is 5.92 Å². The van der Waals surface area contributed by atoms with E-state index in [4.69, 9.17) is 9.47 Å². The molecule has 1 aromatic heterocycles. The summed E-state index contributed by atoms with van der Waals surface area (Å²) in [6.07, 6.45) is 4.54. The summed E-state index contributed by atoms with van der Waals surface area (Å²) in [5.41, 5.74) is 0.718. The van der Waals surface area contributed by atoms with Gasteiger partial charge in [-0.15, -0.1) is 0 Å². The molecule has 1 heterocycles. The molecule has 0 fully saturated rings. The van der Waals surface area contributed by atoms with Crippen LogP contribution in [0.2, 0.25) is 0 Å². The number of esters is 2. The Hall–Kier alpha value is -2.89. The molecule has 28 heavy (non-hydrogen) atoms. The first kappa shape index (κ1) is 21.4. The minimum absolute atomic E-state index is 0.0220. The molecule has 0 unspecified atom stereocenters. The van der Waals surface area contributed by atoms with Gasteiger partial charge in [-0.2, -0.15) is 0 Å². The molecule has 1 atom stereocenters. The van der Waals surface area contributed by atoms with Crippen LogP contribution in [0.4, 0.5) is 0 Å². The summed E-state index contributed by atoms with van der Waals surface area (Å²) in [5, 5.41) is 0. The van der Waals surface area contributed by atoms with E-state index in [1.807, 2.05) is 32.0 Å². The van der Waals surface area contributed by atoms with Crippen LogP contribution in [-0.2, 0) is 19.1 Å². The summed E-state index contributed by atoms with van der Waals surface area (Å²) < 4.78 is 12.0. The van der Waals surface area contributed by atoms with E-state index in [-0.39, 0.29) is 25.5 Å². The lowest BCUT2D eigenvalue weighted by molar-refractivity contribution is -0.163. The second kappa shape index (κ2) is 11.1. The van der Waals surface area contributed by atoms with Gasteiger partial charge in [0.1, 0.15) is 0 Å². The quantitative estimate of drug-likeness (QED) is 0.459. The Morgan fingerprint density at radius 2 is 1.39 bits per heavy atom. The highest BCUT2D eigenvalue weighted by atomic mass is 16.6. The van der Waals surface area contributed by atoms with Gasteiger partial charge in [0.2, 0.25) is 5.91 Å². The van der Waals surface area contributed by atoms with Crippen molar-refractivity contribution in [2.24, 2.45) is 5.92 Å². The van der Waals surface area contributed by atoms with Crippen LogP contribution in [0.3, 0.4) is 0 Å². The van der Waals surface area contributed by atoms with Gasteiger partial charge < -0.3 is 9.47 Å². The van der Waals surface area contributed by atoms with Crippen LogP contribution in [0.5, 0.6) is 0 Å². The molecule has 6 heteroatoms. The highest BCUT2D eigenvalue weighted by molar-refractivity contribution is 5.97. The number of nitrogens with zero attached hydrogens (tertiary/aromatic N) is 1. The third kappa shape index (κ3) is 5.81. The average Bonchev–Trinajstić information content (AvgIpc) is 3.25. The highest BCUT2D eigenvalue weighted by Crippen LogP contribution is 2.31. The number of carbonyl (C=O) groups is 3. The first-order chi connectivity index (χ1) is 13.6. The van der Waals surface area contributed by atoms with E-state index < -0.39 is 23.8 Å². The molecule has 0 spiro atoms. The topological polar surface area (TPSA) is 74.6 Å². The minimum Gasteiger partial charge on any atom is -0.465 e. The molecule has 0 amide bonds. The van der Waals surface area contributed by atoms with E-state index in [0.717, 1.165) is 5.56 Å². The van der Waals surface area contributed by atoms with Crippen LogP contribution >= 0.6 is 0 Å². The van der Waals surface area contributed by atoms with Gasteiger partial charge in [0, 0.05) is 24.7 Å².